The van der Waals surface area contributed by atoms with Gasteiger partial charge in [-0.2, -0.15) is 0 Å². The van der Waals surface area contributed by atoms with Crippen molar-refractivity contribution < 1.29 is 0 Å². The molecule has 1 N–H and O–H groups in total. The zero-order chi connectivity index (χ0) is 13.8. The smallest absolute Gasteiger partial charge is 0.0945 e. The first kappa shape index (κ1) is 13.2. The standard InChI is InChI=1S/C16H22N4/c1-19-13-18-11-16(19)10-17-9-14-7-8-20(12-14)15-5-3-2-4-6-15/h2-6,11,13-14,17H,7-10,12H2,1H3/t14-/m1/s1. The van der Waals surface area contributed by atoms with Crippen molar-refractivity contribution in [2.45, 2.75) is 13.0 Å². The van der Waals surface area contributed by atoms with E-state index in [1.807, 2.05) is 19.6 Å². The van der Waals surface area contributed by atoms with E-state index in [4.69, 9.17) is 0 Å². The van der Waals surface area contributed by atoms with Gasteiger partial charge in [0.25, 0.3) is 0 Å². The summed E-state index contributed by atoms with van der Waals surface area (Å²) >= 11 is 0. The van der Waals surface area contributed by atoms with Crippen LogP contribution in [0, 0.1) is 5.92 Å². The molecule has 0 bridgehead atoms. The highest BCUT2D eigenvalue weighted by molar-refractivity contribution is 5.46. The van der Waals surface area contributed by atoms with Crippen molar-refractivity contribution in [2.24, 2.45) is 13.0 Å². The molecule has 0 spiro atoms. The van der Waals surface area contributed by atoms with Crippen LogP contribution in [0.5, 0.6) is 0 Å². The zero-order valence-corrected chi connectivity index (χ0v) is 12.0. The maximum absolute atomic E-state index is 4.14. The van der Waals surface area contributed by atoms with E-state index in [-0.39, 0.29) is 0 Å². The zero-order valence-electron chi connectivity index (χ0n) is 12.0. The topological polar surface area (TPSA) is 33.1 Å². The van der Waals surface area contributed by atoms with E-state index in [0.29, 0.717) is 0 Å². The number of nitrogens with one attached hydrogen (secondary N) is 1. The van der Waals surface area contributed by atoms with Crippen LogP contribution in [0.1, 0.15) is 12.1 Å². The molecule has 0 radical (unpaired) electrons. The molecule has 2 aromatic rings. The van der Waals surface area contributed by atoms with Gasteiger partial charge in [-0.25, -0.2) is 4.98 Å². The quantitative estimate of drug-likeness (QED) is 0.902. The number of benzene rings is 1. The molecule has 1 aromatic heterocycles. The van der Waals surface area contributed by atoms with Gasteiger partial charge in [0, 0.05) is 45.1 Å². The third kappa shape index (κ3) is 3.02. The predicted octanol–water partition coefficient (Wildman–Crippen LogP) is 2.04. The van der Waals surface area contributed by atoms with Crippen molar-refractivity contribution in [2.75, 3.05) is 24.5 Å². The van der Waals surface area contributed by atoms with Gasteiger partial charge in [0.05, 0.1) is 12.0 Å². The Labute approximate surface area is 120 Å². The monoisotopic (exact) mass is 270 g/mol. The molecule has 0 aliphatic carbocycles. The summed E-state index contributed by atoms with van der Waals surface area (Å²) < 4.78 is 2.07. The molecule has 2 heterocycles. The Kier molecular flexibility index (Phi) is 4.02. The number of para-hydroxylation sites is 1. The number of nitrogens with zero attached hydrogens (tertiary/aromatic N) is 3. The molecule has 106 valence electrons. The third-order valence-electron chi connectivity index (χ3n) is 4.06. The summed E-state index contributed by atoms with van der Waals surface area (Å²) in [4.78, 5) is 6.62. The highest BCUT2D eigenvalue weighted by Crippen LogP contribution is 2.22. The van der Waals surface area contributed by atoms with Crippen molar-refractivity contribution in [3.8, 4) is 0 Å². The Bertz CT molecular complexity index is 534. The number of anilines is 1. The van der Waals surface area contributed by atoms with Crippen molar-refractivity contribution in [3.63, 3.8) is 0 Å². The first-order valence-electron chi connectivity index (χ1n) is 7.29. The largest absolute Gasteiger partial charge is 0.371 e. The Morgan fingerprint density at radius 2 is 2.15 bits per heavy atom. The fraction of sp³-hybridized carbons (Fsp3) is 0.438. The van der Waals surface area contributed by atoms with Crippen LogP contribution in [0.2, 0.25) is 0 Å². The minimum Gasteiger partial charge on any atom is -0.371 e. The summed E-state index contributed by atoms with van der Waals surface area (Å²) in [6.45, 7) is 4.30. The molecule has 0 saturated carbocycles. The van der Waals surface area contributed by atoms with Crippen molar-refractivity contribution in [1.82, 2.24) is 14.9 Å². The molecule has 4 heteroatoms. The van der Waals surface area contributed by atoms with Crippen LogP contribution in [-0.2, 0) is 13.6 Å². The van der Waals surface area contributed by atoms with Crippen LogP contribution in [0.4, 0.5) is 5.69 Å². The maximum Gasteiger partial charge on any atom is 0.0945 e. The lowest BCUT2D eigenvalue weighted by Crippen LogP contribution is -2.26. The van der Waals surface area contributed by atoms with Gasteiger partial charge in [0.2, 0.25) is 0 Å². The van der Waals surface area contributed by atoms with Crippen molar-refractivity contribution in [3.05, 3.63) is 48.5 Å². The lowest BCUT2D eigenvalue weighted by molar-refractivity contribution is 0.510. The first-order valence-corrected chi connectivity index (χ1v) is 7.29. The minimum atomic E-state index is 0.739. The van der Waals surface area contributed by atoms with E-state index in [2.05, 4.69) is 50.1 Å². The molecular formula is C16H22N4. The predicted molar refractivity (Wildman–Crippen MR) is 81.7 cm³/mol. The molecule has 1 fully saturated rings. The SMILES string of the molecule is Cn1cncc1CNC[C@H]1CCN(c2ccccc2)C1. The fourth-order valence-electron chi connectivity index (χ4n) is 2.83. The van der Waals surface area contributed by atoms with Gasteiger partial charge >= 0.3 is 0 Å². The first-order chi connectivity index (χ1) is 9.83. The van der Waals surface area contributed by atoms with Crippen LogP contribution in [0.25, 0.3) is 0 Å². The Morgan fingerprint density at radius 3 is 2.90 bits per heavy atom. The van der Waals surface area contributed by atoms with Crippen LogP contribution in [0.15, 0.2) is 42.9 Å². The Hall–Kier alpha value is -1.81. The number of hydrogen-bond acceptors (Lipinski definition) is 3. The van der Waals surface area contributed by atoms with Gasteiger partial charge in [-0.15, -0.1) is 0 Å². The average molecular weight is 270 g/mol. The Morgan fingerprint density at radius 1 is 1.30 bits per heavy atom. The van der Waals surface area contributed by atoms with Crippen molar-refractivity contribution >= 4 is 5.69 Å². The van der Waals surface area contributed by atoms with Gasteiger partial charge < -0.3 is 14.8 Å². The number of hydrogen-bond donors (Lipinski definition) is 1. The average Bonchev–Trinajstić information content (AvgIpc) is 3.10. The second kappa shape index (κ2) is 6.09. The highest BCUT2D eigenvalue weighted by atomic mass is 15.2. The number of aromatic nitrogens is 2. The molecule has 0 unspecified atom stereocenters. The molecular weight excluding hydrogens is 248 g/mol. The van der Waals surface area contributed by atoms with E-state index >= 15 is 0 Å². The summed E-state index contributed by atoms with van der Waals surface area (Å²) in [6, 6.07) is 10.7. The number of rotatable bonds is 5. The second-order valence-electron chi connectivity index (χ2n) is 5.56. The fourth-order valence-corrected chi connectivity index (χ4v) is 2.83. The van der Waals surface area contributed by atoms with E-state index in [0.717, 1.165) is 25.6 Å². The normalized spacial score (nSPS) is 18.6. The summed E-state index contributed by atoms with van der Waals surface area (Å²) in [5, 5.41) is 3.56. The summed E-state index contributed by atoms with van der Waals surface area (Å²) in [5.74, 6) is 0.739. The van der Waals surface area contributed by atoms with E-state index < -0.39 is 0 Å². The molecule has 1 saturated heterocycles. The lowest BCUT2D eigenvalue weighted by Gasteiger charge is -2.18. The van der Waals surface area contributed by atoms with Crippen LogP contribution >= 0.6 is 0 Å². The molecule has 20 heavy (non-hydrogen) atoms. The van der Waals surface area contributed by atoms with Crippen LogP contribution in [-0.4, -0.2) is 29.2 Å². The molecule has 4 nitrogen and oxygen atoms in total. The van der Waals surface area contributed by atoms with Gasteiger partial charge in [-0.3, -0.25) is 0 Å². The molecule has 3 rings (SSSR count). The van der Waals surface area contributed by atoms with E-state index in [9.17, 15) is 0 Å². The summed E-state index contributed by atoms with van der Waals surface area (Å²) in [5.41, 5.74) is 2.59. The van der Waals surface area contributed by atoms with E-state index in [1.54, 1.807) is 0 Å². The third-order valence-corrected chi connectivity index (χ3v) is 4.06. The second-order valence-corrected chi connectivity index (χ2v) is 5.56. The number of aryl methyl sites for hydroxylation is 1. The number of imidazole rings is 1. The maximum atomic E-state index is 4.14. The lowest BCUT2D eigenvalue weighted by atomic mass is 10.1. The van der Waals surface area contributed by atoms with Crippen LogP contribution < -0.4 is 10.2 Å². The van der Waals surface area contributed by atoms with E-state index in [1.165, 1.54) is 24.3 Å². The van der Waals surface area contributed by atoms with Crippen molar-refractivity contribution in [1.29, 1.82) is 0 Å². The van der Waals surface area contributed by atoms with Gasteiger partial charge in [-0.1, -0.05) is 18.2 Å². The molecule has 1 aliphatic heterocycles. The van der Waals surface area contributed by atoms with Gasteiger partial charge in [0.15, 0.2) is 0 Å². The molecule has 1 aromatic carbocycles. The molecule has 0 amide bonds. The molecule has 1 aliphatic rings. The van der Waals surface area contributed by atoms with Crippen LogP contribution in [0.3, 0.4) is 0 Å². The minimum absolute atomic E-state index is 0.739. The summed E-state index contributed by atoms with van der Waals surface area (Å²) in [7, 11) is 2.04. The molecule has 1 atom stereocenters. The van der Waals surface area contributed by atoms with Gasteiger partial charge in [-0.05, 0) is 24.5 Å². The summed E-state index contributed by atoms with van der Waals surface area (Å²) in [6.07, 6.45) is 5.05. The Balaban J connectivity index is 1.45. The van der Waals surface area contributed by atoms with Gasteiger partial charge in [0.1, 0.15) is 0 Å². The highest BCUT2D eigenvalue weighted by Gasteiger charge is 2.22.